The van der Waals surface area contributed by atoms with Crippen LogP contribution >= 0.6 is 0 Å². The second kappa shape index (κ2) is 20.8. The van der Waals surface area contributed by atoms with Gasteiger partial charge in [0.05, 0.1) is 6.61 Å². The zero-order valence-corrected chi connectivity index (χ0v) is 19.7. The summed E-state index contributed by atoms with van der Waals surface area (Å²) in [5, 5.41) is 29.0. The number of Topliss-reactive ketones (excluding diaryl/α,β-unsaturated/α-hetero) is 1. The first-order chi connectivity index (χ1) is 14.9. The SMILES string of the molecule is CC(=O)CCCCCCCOCO.C[C@@H]1CC(NCCO)CN1CCCCCC(=O)O. The Morgan fingerprint density at radius 2 is 1.65 bits per heavy atom. The lowest BCUT2D eigenvalue weighted by atomic mass is 10.1. The summed E-state index contributed by atoms with van der Waals surface area (Å²) in [6.07, 6.45) is 10.4. The highest BCUT2D eigenvalue weighted by atomic mass is 16.6. The van der Waals surface area contributed by atoms with Crippen molar-refractivity contribution in [2.45, 2.75) is 96.6 Å². The van der Waals surface area contributed by atoms with Gasteiger partial charge in [-0.25, -0.2) is 0 Å². The van der Waals surface area contributed by atoms with Crippen molar-refractivity contribution in [3.8, 4) is 0 Å². The number of likely N-dealkylation sites (tertiary alicyclic amines) is 1. The fraction of sp³-hybridized carbons (Fsp3) is 0.913. The number of hydrogen-bond donors (Lipinski definition) is 4. The second-order valence-electron chi connectivity index (χ2n) is 8.42. The number of ether oxygens (including phenoxy) is 1. The van der Waals surface area contributed by atoms with E-state index in [1.807, 2.05) is 0 Å². The van der Waals surface area contributed by atoms with E-state index in [0.29, 0.717) is 31.7 Å². The first kappa shape index (κ1) is 29.9. The average molecular weight is 447 g/mol. The Labute approximate surface area is 188 Å². The lowest BCUT2D eigenvalue weighted by Gasteiger charge is -2.20. The van der Waals surface area contributed by atoms with Gasteiger partial charge in [-0.15, -0.1) is 0 Å². The maximum atomic E-state index is 10.6. The molecule has 0 amide bonds. The van der Waals surface area contributed by atoms with Gasteiger partial charge in [-0.05, 0) is 52.5 Å². The van der Waals surface area contributed by atoms with E-state index in [1.165, 1.54) is 0 Å². The summed E-state index contributed by atoms with van der Waals surface area (Å²) in [7, 11) is 0. The van der Waals surface area contributed by atoms with Crippen LogP contribution in [0.15, 0.2) is 0 Å². The Hall–Kier alpha value is -1.06. The molecule has 1 fully saturated rings. The van der Waals surface area contributed by atoms with Crippen molar-refractivity contribution in [3.63, 3.8) is 0 Å². The molecule has 0 aromatic carbocycles. The van der Waals surface area contributed by atoms with E-state index in [2.05, 4.69) is 17.1 Å². The van der Waals surface area contributed by atoms with Crippen LogP contribution in [-0.2, 0) is 14.3 Å². The van der Waals surface area contributed by atoms with E-state index in [9.17, 15) is 9.59 Å². The number of aliphatic hydroxyl groups is 2. The van der Waals surface area contributed by atoms with Crippen LogP contribution in [0.1, 0.15) is 84.5 Å². The topological polar surface area (TPSA) is 119 Å². The summed E-state index contributed by atoms with van der Waals surface area (Å²) in [5.74, 6) is -0.415. The van der Waals surface area contributed by atoms with Gasteiger partial charge in [0.2, 0.25) is 0 Å². The Kier molecular flexibility index (Phi) is 20.1. The number of carboxylic acids is 1. The number of nitrogens with zero attached hydrogens (tertiary/aromatic N) is 1. The number of carbonyl (C=O) groups excluding carboxylic acids is 1. The largest absolute Gasteiger partial charge is 0.481 e. The van der Waals surface area contributed by atoms with Crippen LogP contribution in [0.2, 0.25) is 0 Å². The van der Waals surface area contributed by atoms with Crippen LogP contribution in [0.25, 0.3) is 0 Å². The lowest BCUT2D eigenvalue weighted by Crippen LogP contribution is -2.34. The number of aliphatic hydroxyl groups excluding tert-OH is 2. The van der Waals surface area contributed by atoms with Crippen LogP contribution in [-0.4, -0.2) is 83.7 Å². The van der Waals surface area contributed by atoms with Crippen molar-refractivity contribution in [2.75, 3.05) is 39.6 Å². The quantitative estimate of drug-likeness (QED) is 0.187. The summed E-state index contributed by atoms with van der Waals surface area (Å²) in [5.41, 5.74) is 0. The van der Waals surface area contributed by atoms with Crippen molar-refractivity contribution in [1.82, 2.24) is 10.2 Å². The zero-order valence-electron chi connectivity index (χ0n) is 19.7. The number of rotatable bonds is 18. The molecule has 4 N–H and O–H groups in total. The molecule has 1 rings (SSSR count). The molecule has 184 valence electrons. The number of unbranched alkanes of at least 4 members (excludes halogenated alkanes) is 6. The summed E-state index contributed by atoms with van der Waals surface area (Å²) in [6.45, 7) is 7.29. The Morgan fingerprint density at radius 1 is 1.00 bits per heavy atom. The molecule has 0 aromatic rings. The number of ketones is 1. The number of hydrogen-bond acceptors (Lipinski definition) is 7. The molecule has 2 atom stereocenters. The minimum Gasteiger partial charge on any atom is -0.481 e. The molecule has 8 heteroatoms. The summed E-state index contributed by atoms with van der Waals surface area (Å²) in [4.78, 5) is 23.4. The van der Waals surface area contributed by atoms with Crippen LogP contribution < -0.4 is 5.32 Å². The first-order valence-electron chi connectivity index (χ1n) is 11.9. The molecule has 0 saturated carbocycles. The summed E-state index contributed by atoms with van der Waals surface area (Å²) < 4.78 is 4.78. The van der Waals surface area contributed by atoms with Gasteiger partial charge in [0.1, 0.15) is 12.6 Å². The molecule has 31 heavy (non-hydrogen) atoms. The molecular formula is C23H46N2O6. The summed E-state index contributed by atoms with van der Waals surface area (Å²) in [6, 6.07) is 1.08. The highest BCUT2D eigenvalue weighted by molar-refractivity contribution is 5.75. The van der Waals surface area contributed by atoms with E-state index in [4.69, 9.17) is 20.1 Å². The molecular weight excluding hydrogens is 400 g/mol. The fourth-order valence-electron chi connectivity index (χ4n) is 3.77. The van der Waals surface area contributed by atoms with Gasteiger partial charge in [0.25, 0.3) is 0 Å². The third-order valence-electron chi connectivity index (χ3n) is 5.49. The van der Waals surface area contributed by atoms with Crippen LogP contribution in [0, 0.1) is 0 Å². The predicted octanol–water partition coefficient (Wildman–Crippen LogP) is 2.56. The van der Waals surface area contributed by atoms with Crippen molar-refractivity contribution >= 4 is 11.8 Å². The number of carboxylic acid groups (broad SMARTS) is 1. The van der Waals surface area contributed by atoms with Crippen LogP contribution in [0.5, 0.6) is 0 Å². The van der Waals surface area contributed by atoms with Gasteiger partial charge < -0.3 is 30.2 Å². The Morgan fingerprint density at radius 3 is 2.29 bits per heavy atom. The molecule has 8 nitrogen and oxygen atoms in total. The van der Waals surface area contributed by atoms with Gasteiger partial charge in [-0.2, -0.15) is 0 Å². The fourth-order valence-corrected chi connectivity index (χ4v) is 3.77. The molecule has 0 aromatic heterocycles. The Bertz CT molecular complexity index is 450. The van der Waals surface area contributed by atoms with Crippen molar-refractivity contribution < 1.29 is 29.6 Å². The molecule has 1 saturated heterocycles. The first-order valence-corrected chi connectivity index (χ1v) is 11.9. The van der Waals surface area contributed by atoms with E-state index in [-0.39, 0.29) is 25.6 Å². The third-order valence-corrected chi connectivity index (χ3v) is 5.49. The standard InChI is InChI=1S/C13H26N2O3.C10H20O3/c1-11-9-12(14-6-8-16)10-15(11)7-4-2-3-5-13(17)18;1-10(12)7-5-3-2-4-6-8-13-9-11/h11-12,14,16H,2-10H2,1H3,(H,17,18);11H,2-9H2,1H3/t11-,12?;/m1./s1. The van der Waals surface area contributed by atoms with Gasteiger partial charge in [0, 0.05) is 44.6 Å². The maximum Gasteiger partial charge on any atom is 0.303 e. The smallest absolute Gasteiger partial charge is 0.303 e. The highest BCUT2D eigenvalue weighted by Gasteiger charge is 2.27. The van der Waals surface area contributed by atoms with E-state index >= 15 is 0 Å². The van der Waals surface area contributed by atoms with Gasteiger partial charge in [-0.1, -0.05) is 25.7 Å². The van der Waals surface area contributed by atoms with Crippen LogP contribution in [0.4, 0.5) is 0 Å². The molecule has 0 spiro atoms. The van der Waals surface area contributed by atoms with Crippen molar-refractivity contribution in [3.05, 3.63) is 0 Å². The number of aliphatic carboxylic acids is 1. The van der Waals surface area contributed by atoms with Gasteiger partial charge >= 0.3 is 5.97 Å². The monoisotopic (exact) mass is 446 g/mol. The van der Waals surface area contributed by atoms with E-state index < -0.39 is 5.97 Å². The highest BCUT2D eigenvalue weighted by Crippen LogP contribution is 2.18. The third kappa shape index (κ3) is 19.4. The number of carbonyl (C=O) groups is 2. The second-order valence-corrected chi connectivity index (χ2v) is 8.42. The van der Waals surface area contributed by atoms with Crippen LogP contribution in [0.3, 0.4) is 0 Å². The summed E-state index contributed by atoms with van der Waals surface area (Å²) >= 11 is 0. The Balaban J connectivity index is 0.000000615. The minimum atomic E-state index is -0.696. The normalized spacial score (nSPS) is 18.6. The van der Waals surface area contributed by atoms with Crippen molar-refractivity contribution in [1.29, 1.82) is 0 Å². The van der Waals surface area contributed by atoms with Gasteiger partial charge in [0.15, 0.2) is 0 Å². The predicted molar refractivity (Wildman–Crippen MR) is 122 cm³/mol. The molecule has 1 aliphatic heterocycles. The van der Waals surface area contributed by atoms with E-state index in [1.54, 1.807) is 6.92 Å². The maximum absolute atomic E-state index is 10.6. The molecule has 0 bridgehead atoms. The van der Waals surface area contributed by atoms with Gasteiger partial charge in [-0.3, -0.25) is 9.69 Å². The molecule has 1 unspecified atom stereocenters. The molecule has 1 heterocycles. The average Bonchev–Trinajstić information content (AvgIpc) is 3.07. The minimum absolute atomic E-state index is 0.176. The lowest BCUT2D eigenvalue weighted by molar-refractivity contribution is -0.137. The zero-order chi connectivity index (χ0) is 23.3. The molecule has 1 aliphatic rings. The molecule has 0 radical (unpaired) electrons. The number of nitrogens with one attached hydrogen (secondary N) is 1. The van der Waals surface area contributed by atoms with Crippen molar-refractivity contribution in [2.24, 2.45) is 0 Å². The molecule has 0 aliphatic carbocycles. The van der Waals surface area contributed by atoms with E-state index in [0.717, 1.165) is 70.9 Å².